The van der Waals surface area contributed by atoms with Gasteiger partial charge in [0.05, 0.1) is 0 Å². The maximum absolute atomic E-state index is 14.3. The maximum Gasteiger partial charge on any atom is 0.249 e. The topological polar surface area (TPSA) is 9.23 Å². The summed E-state index contributed by atoms with van der Waals surface area (Å²) in [5, 5.41) is 0. The Morgan fingerprint density at radius 1 is 1.08 bits per heavy atom. The summed E-state index contributed by atoms with van der Waals surface area (Å²) in [7, 11) is 0. The minimum Gasteiger partial charge on any atom is -0.484 e. The zero-order chi connectivity index (χ0) is 17.8. The molecule has 2 aromatic rings. The fourth-order valence-electron chi connectivity index (χ4n) is 4.38. The van der Waals surface area contributed by atoms with E-state index < -0.39 is 5.92 Å². The van der Waals surface area contributed by atoms with Crippen molar-refractivity contribution in [2.24, 2.45) is 5.92 Å². The monoisotopic (exact) mass is 340 g/mol. The zero-order valence-electron chi connectivity index (χ0n) is 14.6. The highest BCUT2D eigenvalue weighted by Crippen LogP contribution is 2.59. The molecule has 1 nitrogen and oxygen atoms in total. The van der Waals surface area contributed by atoms with E-state index in [4.69, 9.17) is 4.74 Å². The van der Waals surface area contributed by atoms with Crippen LogP contribution in [0, 0.1) is 19.8 Å². The number of benzene rings is 2. The minimum absolute atomic E-state index is 0.101. The highest BCUT2D eigenvalue weighted by atomic mass is 19.3. The van der Waals surface area contributed by atoms with Crippen molar-refractivity contribution >= 4 is 6.08 Å². The first-order valence-corrected chi connectivity index (χ1v) is 8.76. The van der Waals surface area contributed by atoms with Crippen LogP contribution in [-0.4, -0.2) is 5.92 Å². The Morgan fingerprint density at radius 3 is 2.48 bits per heavy atom. The van der Waals surface area contributed by atoms with E-state index in [0.29, 0.717) is 0 Å². The Balaban J connectivity index is 1.86. The number of hydrogen-bond donors (Lipinski definition) is 0. The minimum atomic E-state index is -2.64. The number of rotatable bonds is 2. The quantitative estimate of drug-likeness (QED) is 0.631. The van der Waals surface area contributed by atoms with E-state index in [9.17, 15) is 8.78 Å². The average Bonchev–Trinajstić information content (AvgIpc) is 2.90. The molecule has 25 heavy (non-hydrogen) atoms. The largest absolute Gasteiger partial charge is 0.484 e. The number of halogens is 2. The van der Waals surface area contributed by atoms with Crippen LogP contribution >= 0.6 is 0 Å². The molecule has 0 amide bonds. The van der Waals surface area contributed by atoms with Gasteiger partial charge in [-0.2, -0.15) is 0 Å². The van der Waals surface area contributed by atoms with Gasteiger partial charge in [0.2, 0.25) is 5.92 Å². The van der Waals surface area contributed by atoms with Crippen molar-refractivity contribution in [3.63, 3.8) is 0 Å². The zero-order valence-corrected chi connectivity index (χ0v) is 14.6. The first-order chi connectivity index (χ1) is 11.9. The SMILES string of the molecule is C=Cc1cc(C)cc2c1O[C@H](c1ccc(C)cc1)[C@@H]1CC(F)(F)C[C@H]21. The van der Waals surface area contributed by atoms with Gasteiger partial charge < -0.3 is 4.74 Å². The van der Waals surface area contributed by atoms with E-state index in [1.807, 2.05) is 50.2 Å². The van der Waals surface area contributed by atoms with Gasteiger partial charge in [-0.05, 0) is 36.6 Å². The van der Waals surface area contributed by atoms with Crippen molar-refractivity contribution in [1.82, 2.24) is 0 Å². The summed E-state index contributed by atoms with van der Waals surface area (Å²) in [5.41, 5.74) is 4.98. The van der Waals surface area contributed by atoms with E-state index in [1.54, 1.807) is 6.08 Å². The van der Waals surface area contributed by atoms with Gasteiger partial charge in [-0.15, -0.1) is 0 Å². The molecule has 1 fully saturated rings. The number of hydrogen-bond acceptors (Lipinski definition) is 1. The van der Waals surface area contributed by atoms with Gasteiger partial charge in [0.15, 0.2) is 0 Å². The van der Waals surface area contributed by atoms with E-state index in [2.05, 4.69) is 6.58 Å². The third-order valence-electron chi connectivity index (χ3n) is 5.52. The molecule has 2 aromatic carbocycles. The summed E-state index contributed by atoms with van der Waals surface area (Å²) in [6.45, 7) is 7.88. The molecule has 1 saturated carbocycles. The van der Waals surface area contributed by atoms with Crippen LogP contribution in [0.25, 0.3) is 6.08 Å². The maximum atomic E-state index is 14.3. The highest BCUT2D eigenvalue weighted by molar-refractivity contribution is 5.62. The number of ether oxygens (including phenoxy) is 1. The van der Waals surface area contributed by atoms with Crippen LogP contribution in [0.4, 0.5) is 8.78 Å². The van der Waals surface area contributed by atoms with E-state index in [0.717, 1.165) is 33.6 Å². The van der Waals surface area contributed by atoms with Gasteiger partial charge in [0, 0.05) is 30.2 Å². The first kappa shape index (κ1) is 16.3. The van der Waals surface area contributed by atoms with Crippen molar-refractivity contribution in [1.29, 1.82) is 0 Å². The summed E-state index contributed by atoms with van der Waals surface area (Å²) in [4.78, 5) is 0. The Bertz CT molecular complexity index is 823. The summed E-state index contributed by atoms with van der Waals surface area (Å²) >= 11 is 0. The lowest BCUT2D eigenvalue weighted by Crippen LogP contribution is -2.27. The molecule has 1 heterocycles. The molecule has 0 aromatic heterocycles. The molecular formula is C22H22F2O. The third kappa shape index (κ3) is 2.76. The molecule has 4 rings (SSSR count). The van der Waals surface area contributed by atoms with Crippen LogP contribution in [0.3, 0.4) is 0 Å². The second-order valence-corrected chi connectivity index (χ2v) is 7.46. The van der Waals surface area contributed by atoms with E-state index >= 15 is 0 Å². The Hall–Kier alpha value is -2.16. The first-order valence-electron chi connectivity index (χ1n) is 8.76. The van der Waals surface area contributed by atoms with Gasteiger partial charge in [-0.25, -0.2) is 8.78 Å². The van der Waals surface area contributed by atoms with E-state index in [1.165, 1.54) is 0 Å². The molecule has 3 atom stereocenters. The Labute approximate surface area is 147 Å². The predicted molar refractivity (Wildman–Crippen MR) is 96.2 cm³/mol. The molecule has 1 aliphatic carbocycles. The summed E-state index contributed by atoms with van der Waals surface area (Å²) in [6.07, 6.45) is 1.20. The summed E-state index contributed by atoms with van der Waals surface area (Å²) in [6, 6.07) is 12.0. The molecule has 0 saturated heterocycles. The summed E-state index contributed by atoms with van der Waals surface area (Å²) < 4.78 is 34.9. The highest BCUT2D eigenvalue weighted by Gasteiger charge is 2.53. The summed E-state index contributed by atoms with van der Waals surface area (Å²) in [5.74, 6) is -2.29. The van der Waals surface area contributed by atoms with Gasteiger partial charge in [-0.3, -0.25) is 0 Å². The normalized spacial score (nSPS) is 26.5. The van der Waals surface area contributed by atoms with Gasteiger partial charge >= 0.3 is 0 Å². The fourth-order valence-corrected chi connectivity index (χ4v) is 4.38. The van der Waals surface area contributed by atoms with Gasteiger partial charge in [-0.1, -0.05) is 48.6 Å². The van der Waals surface area contributed by atoms with Crippen molar-refractivity contribution in [3.8, 4) is 5.75 Å². The third-order valence-corrected chi connectivity index (χ3v) is 5.52. The fraction of sp³-hybridized carbons (Fsp3) is 0.364. The molecule has 0 radical (unpaired) electrons. The molecule has 0 unspecified atom stereocenters. The lowest BCUT2D eigenvalue weighted by Gasteiger charge is -2.37. The van der Waals surface area contributed by atoms with Gasteiger partial charge in [0.25, 0.3) is 0 Å². The molecule has 0 spiro atoms. The lowest BCUT2D eigenvalue weighted by molar-refractivity contribution is -0.00232. The molecule has 0 N–H and O–H groups in total. The number of fused-ring (bicyclic) bond motifs is 3. The molecular weight excluding hydrogens is 318 g/mol. The van der Waals surface area contributed by atoms with Crippen molar-refractivity contribution in [3.05, 3.63) is 70.8 Å². The van der Waals surface area contributed by atoms with Crippen LogP contribution in [0.15, 0.2) is 43.0 Å². The standard InChI is InChI=1S/C22H22F2O/c1-4-15-9-14(3)10-17-18-11-22(23,24)12-19(18)21(25-20(15)17)16-7-5-13(2)6-8-16/h4-10,18-19,21H,1,11-12H2,2-3H3/t18-,19-,21-/m1/s1. The second-order valence-electron chi connectivity index (χ2n) is 7.46. The predicted octanol–water partition coefficient (Wildman–Crippen LogP) is 6.21. The molecule has 0 bridgehead atoms. The number of alkyl halides is 2. The molecule has 2 aliphatic rings. The van der Waals surface area contributed by atoms with Crippen molar-refractivity contribution < 1.29 is 13.5 Å². The smallest absolute Gasteiger partial charge is 0.249 e. The van der Waals surface area contributed by atoms with Crippen LogP contribution in [0.1, 0.15) is 52.7 Å². The average molecular weight is 340 g/mol. The lowest BCUT2D eigenvalue weighted by atomic mass is 9.79. The molecule has 3 heteroatoms. The van der Waals surface area contributed by atoms with Gasteiger partial charge in [0.1, 0.15) is 11.9 Å². The molecule has 130 valence electrons. The Morgan fingerprint density at radius 2 is 1.80 bits per heavy atom. The van der Waals surface area contributed by atoms with Crippen LogP contribution < -0.4 is 4.74 Å². The number of aryl methyl sites for hydroxylation is 2. The van der Waals surface area contributed by atoms with Crippen molar-refractivity contribution in [2.45, 2.75) is 44.6 Å². The Kier molecular flexibility index (Phi) is 3.71. The van der Waals surface area contributed by atoms with Crippen molar-refractivity contribution in [2.75, 3.05) is 0 Å². The van der Waals surface area contributed by atoms with E-state index in [-0.39, 0.29) is 30.8 Å². The van der Waals surface area contributed by atoms with Crippen LogP contribution in [0.5, 0.6) is 5.75 Å². The second kappa shape index (κ2) is 5.69. The van der Waals surface area contributed by atoms with Crippen LogP contribution in [-0.2, 0) is 0 Å². The molecule has 1 aliphatic heterocycles. The van der Waals surface area contributed by atoms with Crippen LogP contribution in [0.2, 0.25) is 0 Å².